The van der Waals surface area contributed by atoms with Crippen LogP contribution in [0.15, 0.2) is 74.1 Å². The van der Waals surface area contributed by atoms with E-state index < -0.39 is 15.6 Å². The van der Waals surface area contributed by atoms with Gasteiger partial charge in [0.1, 0.15) is 11.3 Å². The summed E-state index contributed by atoms with van der Waals surface area (Å²) in [5, 5.41) is 14.2. The Balaban J connectivity index is 1.77. The number of benzene rings is 2. The molecule has 156 valence electrons. The maximum atomic E-state index is 13.5. The monoisotopic (exact) mass is 471 g/mol. The highest BCUT2D eigenvalue weighted by Gasteiger charge is 2.31. The average Bonchev–Trinajstić information content (AvgIpc) is 3.13. The molecule has 1 aliphatic heterocycles. The molecule has 0 amide bonds. The molecule has 0 aliphatic carbocycles. The lowest BCUT2D eigenvalue weighted by Gasteiger charge is -2.19. The van der Waals surface area contributed by atoms with Crippen LogP contribution in [0.25, 0.3) is 10.9 Å². The van der Waals surface area contributed by atoms with E-state index in [1.54, 1.807) is 24.3 Å². The number of nitrogens with one attached hydrogen (secondary N) is 1. The normalized spacial score (nSPS) is 14.7. The zero-order valence-corrected chi connectivity index (χ0v) is 18.1. The third-order valence-corrected chi connectivity index (χ3v) is 7.98. The van der Waals surface area contributed by atoms with Crippen LogP contribution in [0.3, 0.4) is 0 Å². The number of sulfonamides is 1. The number of hydrogen-bond donors (Lipinski definition) is 2. The molecule has 31 heavy (non-hydrogen) atoms. The second-order valence-corrected chi connectivity index (χ2v) is 10.4. The van der Waals surface area contributed by atoms with Crippen molar-refractivity contribution in [2.45, 2.75) is 10.8 Å². The number of halogens is 1. The van der Waals surface area contributed by atoms with Gasteiger partial charge < -0.3 is 15.0 Å². The SMILES string of the molecule is O=c1c(C2=NS(=O)(=O)c3sc(Cl)cc3N2)c(O)c2ccccc2n1Cc1ccccc1. The van der Waals surface area contributed by atoms with Crippen LogP contribution >= 0.6 is 22.9 Å². The van der Waals surface area contributed by atoms with Crippen molar-refractivity contribution >= 4 is 55.4 Å². The van der Waals surface area contributed by atoms with Gasteiger partial charge in [-0.1, -0.05) is 54.1 Å². The van der Waals surface area contributed by atoms with Crippen LogP contribution in [0, 0.1) is 0 Å². The van der Waals surface area contributed by atoms with Gasteiger partial charge in [0.15, 0.2) is 10.0 Å². The Morgan fingerprint density at radius 2 is 1.81 bits per heavy atom. The first-order valence-electron chi connectivity index (χ1n) is 9.15. The lowest BCUT2D eigenvalue weighted by Crippen LogP contribution is -2.32. The molecule has 0 fully saturated rings. The maximum absolute atomic E-state index is 13.5. The third-order valence-electron chi connectivity index (χ3n) is 4.93. The first kappa shape index (κ1) is 19.8. The number of amidine groups is 1. The highest BCUT2D eigenvalue weighted by Crippen LogP contribution is 2.39. The number of fused-ring (bicyclic) bond motifs is 2. The molecule has 7 nitrogen and oxygen atoms in total. The highest BCUT2D eigenvalue weighted by molar-refractivity contribution is 7.92. The molecule has 2 N–H and O–H groups in total. The summed E-state index contributed by atoms with van der Waals surface area (Å²) in [6.07, 6.45) is 0. The number of pyridine rings is 1. The molecular weight excluding hydrogens is 458 g/mol. The fourth-order valence-electron chi connectivity index (χ4n) is 3.57. The van der Waals surface area contributed by atoms with Gasteiger partial charge in [0.05, 0.1) is 22.1 Å². The molecule has 0 saturated carbocycles. The minimum Gasteiger partial charge on any atom is -0.506 e. The van der Waals surface area contributed by atoms with Crippen molar-refractivity contribution in [2.24, 2.45) is 4.40 Å². The zero-order chi connectivity index (χ0) is 21.8. The highest BCUT2D eigenvalue weighted by atomic mass is 35.5. The van der Waals surface area contributed by atoms with Crippen molar-refractivity contribution in [1.29, 1.82) is 0 Å². The van der Waals surface area contributed by atoms with Gasteiger partial charge >= 0.3 is 0 Å². The summed E-state index contributed by atoms with van der Waals surface area (Å²) in [5.74, 6) is -0.576. The Kier molecular flexibility index (Phi) is 4.62. The molecule has 2 aromatic carbocycles. The van der Waals surface area contributed by atoms with Crippen molar-refractivity contribution in [2.75, 3.05) is 5.32 Å². The van der Waals surface area contributed by atoms with Gasteiger partial charge in [-0.2, -0.15) is 8.42 Å². The van der Waals surface area contributed by atoms with Crippen LogP contribution in [0.1, 0.15) is 11.1 Å². The lowest BCUT2D eigenvalue weighted by atomic mass is 10.1. The number of hydrogen-bond acceptors (Lipinski definition) is 6. The van der Waals surface area contributed by atoms with Crippen LogP contribution < -0.4 is 10.9 Å². The smallest absolute Gasteiger partial charge is 0.295 e. The van der Waals surface area contributed by atoms with Gasteiger partial charge in [0.25, 0.3) is 15.6 Å². The second kappa shape index (κ2) is 7.23. The molecule has 10 heteroatoms. The summed E-state index contributed by atoms with van der Waals surface area (Å²) >= 11 is 6.85. The van der Waals surface area contributed by atoms with Crippen molar-refractivity contribution in [3.05, 3.63) is 86.5 Å². The van der Waals surface area contributed by atoms with E-state index in [9.17, 15) is 18.3 Å². The van der Waals surface area contributed by atoms with E-state index in [0.717, 1.165) is 16.9 Å². The lowest BCUT2D eigenvalue weighted by molar-refractivity contribution is 0.478. The fraction of sp³-hybridized carbons (Fsp3) is 0.0476. The van der Waals surface area contributed by atoms with E-state index in [1.807, 2.05) is 30.3 Å². The number of rotatable bonds is 3. The summed E-state index contributed by atoms with van der Waals surface area (Å²) in [4.78, 5) is 13.5. The maximum Gasteiger partial charge on any atom is 0.295 e. The van der Waals surface area contributed by atoms with Gasteiger partial charge in [0, 0.05) is 5.39 Å². The van der Waals surface area contributed by atoms with E-state index in [4.69, 9.17) is 11.6 Å². The minimum absolute atomic E-state index is 0.0360. The Bertz CT molecular complexity index is 1540. The Hall–Kier alpha value is -3.14. The summed E-state index contributed by atoms with van der Waals surface area (Å²) in [7, 11) is -4.08. The van der Waals surface area contributed by atoms with Crippen LogP contribution in [0.4, 0.5) is 5.69 Å². The molecule has 0 atom stereocenters. The molecule has 0 saturated heterocycles. The topological polar surface area (TPSA) is 101 Å². The van der Waals surface area contributed by atoms with Crippen molar-refractivity contribution in [3.8, 4) is 5.75 Å². The van der Waals surface area contributed by atoms with Crippen LogP contribution in [0.2, 0.25) is 4.34 Å². The van der Waals surface area contributed by atoms with Gasteiger partial charge in [-0.3, -0.25) is 4.79 Å². The molecule has 4 aromatic rings. The number of aromatic hydroxyl groups is 1. The molecule has 0 radical (unpaired) electrons. The summed E-state index contributed by atoms with van der Waals surface area (Å²) in [6, 6.07) is 17.7. The predicted molar refractivity (Wildman–Crippen MR) is 122 cm³/mol. The van der Waals surface area contributed by atoms with Crippen LogP contribution in [-0.2, 0) is 16.6 Å². The van der Waals surface area contributed by atoms with Crippen LogP contribution in [-0.4, -0.2) is 23.9 Å². The molecule has 0 bridgehead atoms. The van der Waals surface area contributed by atoms with Gasteiger partial charge in [0.2, 0.25) is 0 Å². The number of thiophene rings is 1. The van der Waals surface area contributed by atoms with E-state index in [0.29, 0.717) is 10.9 Å². The van der Waals surface area contributed by atoms with E-state index >= 15 is 0 Å². The van der Waals surface area contributed by atoms with Crippen LogP contribution in [0.5, 0.6) is 5.75 Å². The summed E-state index contributed by atoms with van der Waals surface area (Å²) in [5.41, 5.74) is 0.847. The first-order valence-corrected chi connectivity index (χ1v) is 11.8. The fourth-order valence-corrected chi connectivity index (χ4v) is 6.27. The zero-order valence-electron chi connectivity index (χ0n) is 15.7. The van der Waals surface area contributed by atoms with Gasteiger partial charge in [-0.25, -0.2) is 0 Å². The second-order valence-electron chi connectivity index (χ2n) is 6.91. The largest absolute Gasteiger partial charge is 0.506 e. The summed E-state index contributed by atoms with van der Waals surface area (Å²) < 4.78 is 30.8. The number of aromatic nitrogens is 1. The number of nitrogens with zero attached hydrogens (tertiary/aromatic N) is 2. The summed E-state index contributed by atoms with van der Waals surface area (Å²) in [6.45, 7) is 0.239. The molecule has 0 unspecified atom stereocenters. The predicted octanol–water partition coefficient (Wildman–Crippen LogP) is 4.03. The molecule has 1 aliphatic rings. The average molecular weight is 472 g/mol. The number of anilines is 1. The Morgan fingerprint density at radius 3 is 2.58 bits per heavy atom. The molecule has 0 spiro atoms. The first-order chi connectivity index (χ1) is 14.8. The van der Waals surface area contributed by atoms with Gasteiger partial charge in [-0.05, 0) is 23.8 Å². The van der Waals surface area contributed by atoms with Crippen molar-refractivity contribution in [3.63, 3.8) is 0 Å². The quantitative estimate of drug-likeness (QED) is 0.469. The Morgan fingerprint density at radius 1 is 1.10 bits per heavy atom. The van der Waals surface area contributed by atoms with E-state index in [-0.39, 0.29) is 37.9 Å². The van der Waals surface area contributed by atoms with E-state index in [1.165, 1.54) is 10.6 Å². The molecular formula is C21H14ClN3O4S2. The third kappa shape index (κ3) is 3.31. The number of para-hydroxylation sites is 1. The van der Waals surface area contributed by atoms with Gasteiger partial charge in [-0.15, -0.1) is 15.7 Å². The molecule has 3 heterocycles. The standard InChI is InChI=1S/C21H14ClN3O4S2/c22-16-10-14-21(30-16)31(28,29)24-19(23-14)17-18(26)13-8-4-5-9-15(13)25(20(17)27)11-12-6-2-1-3-7-12/h1-10,26H,11H2,(H,23,24). The van der Waals surface area contributed by atoms with Crippen molar-refractivity contribution < 1.29 is 13.5 Å². The van der Waals surface area contributed by atoms with E-state index in [2.05, 4.69) is 9.71 Å². The molecule has 2 aromatic heterocycles. The Labute approximate surface area is 185 Å². The van der Waals surface area contributed by atoms with Crippen molar-refractivity contribution in [1.82, 2.24) is 4.57 Å². The molecule has 5 rings (SSSR count). The minimum atomic E-state index is -4.08.